The molecule has 0 bridgehead atoms. The van der Waals surface area contributed by atoms with Gasteiger partial charge >= 0.3 is 0 Å². The molecule has 0 N–H and O–H groups in total. The summed E-state index contributed by atoms with van der Waals surface area (Å²) in [6, 6.07) is 8.46. The molecule has 2 aromatic heterocycles. The first kappa shape index (κ1) is 18.7. The van der Waals surface area contributed by atoms with Crippen LogP contribution in [-0.4, -0.2) is 32.5 Å². The van der Waals surface area contributed by atoms with Crippen LogP contribution < -0.4 is 0 Å². The molecular weight excluding hydrogens is 388 g/mol. The Hall–Kier alpha value is -1.06. The predicted octanol–water partition coefficient (Wildman–Crippen LogP) is 5.60. The van der Waals surface area contributed by atoms with Gasteiger partial charge in [-0.25, -0.2) is 9.67 Å². The highest BCUT2D eigenvalue weighted by Gasteiger charge is 2.17. The van der Waals surface area contributed by atoms with Crippen LogP contribution in [-0.2, 0) is 6.67 Å². The van der Waals surface area contributed by atoms with Crippen molar-refractivity contribution in [3.05, 3.63) is 45.4 Å². The summed E-state index contributed by atoms with van der Waals surface area (Å²) in [6.45, 7) is 8.78. The molecule has 3 rings (SSSR count). The SMILES string of the molecule is C=C(C)CSc1nn(CN(C)[C@@H](C)c2nc3ccccc3s2)c(=S)s1. The van der Waals surface area contributed by atoms with Crippen LogP contribution in [0.3, 0.4) is 0 Å². The van der Waals surface area contributed by atoms with Crippen molar-refractivity contribution in [2.75, 3.05) is 12.8 Å². The third-order valence-corrected chi connectivity index (χ3v) is 7.59. The molecule has 0 unspecified atom stereocenters. The molecule has 0 aliphatic heterocycles. The van der Waals surface area contributed by atoms with Crippen molar-refractivity contribution in [1.29, 1.82) is 0 Å². The van der Waals surface area contributed by atoms with E-state index in [9.17, 15) is 0 Å². The summed E-state index contributed by atoms with van der Waals surface area (Å²) in [5, 5.41) is 5.75. The molecule has 0 spiro atoms. The standard InChI is InChI=1S/C17H20N4S4/c1-11(2)9-23-16-19-21(17(22)25-16)10-20(4)12(3)15-18-13-7-5-6-8-14(13)24-15/h5-8,12H,1,9-10H2,2-4H3/t12-/m0/s1. The molecule has 0 aliphatic carbocycles. The molecule has 132 valence electrons. The smallest absolute Gasteiger partial charge is 0.181 e. The molecule has 0 fully saturated rings. The molecule has 3 aromatic rings. The minimum Gasteiger partial charge on any atom is -0.278 e. The molecule has 0 amide bonds. The molecule has 0 radical (unpaired) electrons. The minimum atomic E-state index is 0.201. The van der Waals surface area contributed by atoms with Gasteiger partial charge in [-0.05, 0) is 45.2 Å². The zero-order valence-corrected chi connectivity index (χ0v) is 17.7. The Morgan fingerprint density at radius 1 is 1.40 bits per heavy atom. The Morgan fingerprint density at radius 3 is 2.88 bits per heavy atom. The Kier molecular flexibility index (Phi) is 6.06. The number of benzene rings is 1. The number of thiazole rings is 1. The number of thioether (sulfide) groups is 1. The van der Waals surface area contributed by atoms with Gasteiger partial charge in [0.1, 0.15) is 5.01 Å². The zero-order valence-electron chi connectivity index (χ0n) is 14.4. The first-order chi connectivity index (χ1) is 11.9. The number of hydrogen-bond acceptors (Lipinski definition) is 7. The van der Waals surface area contributed by atoms with Gasteiger partial charge in [0.15, 0.2) is 8.29 Å². The van der Waals surface area contributed by atoms with Gasteiger partial charge in [0, 0.05) is 5.75 Å². The van der Waals surface area contributed by atoms with Gasteiger partial charge in [-0.2, -0.15) is 5.10 Å². The van der Waals surface area contributed by atoms with Gasteiger partial charge in [-0.1, -0.05) is 47.4 Å². The van der Waals surface area contributed by atoms with E-state index in [4.69, 9.17) is 17.2 Å². The summed E-state index contributed by atoms with van der Waals surface area (Å²) in [6.07, 6.45) is 0. The van der Waals surface area contributed by atoms with Crippen LogP contribution in [0, 0.1) is 3.95 Å². The average Bonchev–Trinajstić information content (AvgIpc) is 3.16. The molecular formula is C17H20N4S4. The van der Waals surface area contributed by atoms with E-state index >= 15 is 0 Å². The highest BCUT2D eigenvalue weighted by atomic mass is 32.2. The van der Waals surface area contributed by atoms with Gasteiger partial charge in [0.25, 0.3) is 0 Å². The van der Waals surface area contributed by atoms with Crippen molar-refractivity contribution >= 4 is 56.9 Å². The van der Waals surface area contributed by atoms with Crippen molar-refractivity contribution < 1.29 is 0 Å². The number of nitrogens with zero attached hydrogens (tertiary/aromatic N) is 4. The molecule has 0 saturated carbocycles. The maximum Gasteiger partial charge on any atom is 0.181 e. The van der Waals surface area contributed by atoms with Crippen LogP contribution in [0.5, 0.6) is 0 Å². The highest BCUT2D eigenvalue weighted by Crippen LogP contribution is 2.29. The van der Waals surface area contributed by atoms with E-state index in [1.54, 1.807) is 34.4 Å². The van der Waals surface area contributed by atoms with Gasteiger partial charge < -0.3 is 0 Å². The van der Waals surface area contributed by atoms with Gasteiger partial charge in [0.05, 0.1) is 22.9 Å². The summed E-state index contributed by atoms with van der Waals surface area (Å²) in [5.74, 6) is 0.875. The topological polar surface area (TPSA) is 34.0 Å². The van der Waals surface area contributed by atoms with E-state index in [0.29, 0.717) is 6.67 Å². The lowest BCUT2D eigenvalue weighted by atomic mass is 10.3. The second-order valence-electron chi connectivity index (χ2n) is 5.97. The molecule has 2 heterocycles. The van der Waals surface area contributed by atoms with Gasteiger partial charge in [-0.3, -0.25) is 4.90 Å². The Balaban J connectivity index is 1.71. The van der Waals surface area contributed by atoms with Crippen molar-refractivity contribution in [3.8, 4) is 0 Å². The Morgan fingerprint density at radius 2 is 2.16 bits per heavy atom. The normalized spacial score (nSPS) is 12.8. The van der Waals surface area contributed by atoms with Crippen molar-refractivity contribution in [3.63, 3.8) is 0 Å². The van der Waals surface area contributed by atoms with E-state index in [1.807, 2.05) is 17.7 Å². The lowest BCUT2D eigenvalue weighted by molar-refractivity contribution is 0.194. The third-order valence-electron chi connectivity index (χ3n) is 3.72. The molecule has 1 aromatic carbocycles. The molecule has 0 saturated heterocycles. The highest BCUT2D eigenvalue weighted by molar-refractivity contribution is 8.01. The van der Waals surface area contributed by atoms with Crippen molar-refractivity contribution in [1.82, 2.24) is 19.7 Å². The molecule has 4 nitrogen and oxygen atoms in total. The maximum atomic E-state index is 5.47. The second kappa shape index (κ2) is 8.09. The summed E-state index contributed by atoms with van der Waals surface area (Å²) in [7, 11) is 2.08. The summed E-state index contributed by atoms with van der Waals surface area (Å²) in [5.41, 5.74) is 2.20. The zero-order chi connectivity index (χ0) is 18.0. The fourth-order valence-corrected chi connectivity index (χ4v) is 5.46. The number of para-hydroxylation sites is 1. The van der Waals surface area contributed by atoms with Crippen LogP contribution >= 0.6 is 46.7 Å². The van der Waals surface area contributed by atoms with E-state index in [0.717, 1.165) is 30.1 Å². The van der Waals surface area contributed by atoms with Crippen LogP contribution in [0.15, 0.2) is 40.8 Å². The first-order valence-electron chi connectivity index (χ1n) is 7.85. The van der Waals surface area contributed by atoms with E-state index in [1.165, 1.54) is 4.70 Å². The number of rotatable bonds is 7. The Labute approximate surface area is 165 Å². The monoisotopic (exact) mass is 408 g/mol. The van der Waals surface area contributed by atoms with E-state index in [-0.39, 0.29) is 6.04 Å². The number of fused-ring (bicyclic) bond motifs is 1. The largest absolute Gasteiger partial charge is 0.278 e. The Bertz CT molecular complexity index is 906. The quantitative estimate of drug-likeness (QED) is 0.289. The van der Waals surface area contributed by atoms with E-state index in [2.05, 4.69) is 48.7 Å². The summed E-state index contributed by atoms with van der Waals surface area (Å²) >= 11 is 10.5. The van der Waals surface area contributed by atoms with Gasteiger partial charge in [0.2, 0.25) is 0 Å². The fraction of sp³-hybridized carbons (Fsp3) is 0.353. The average molecular weight is 409 g/mol. The number of hydrogen-bond donors (Lipinski definition) is 0. The lowest BCUT2D eigenvalue weighted by Gasteiger charge is -2.22. The maximum absolute atomic E-state index is 5.47. The molecule has 1 atom stereocenters. The second-order valence-corrected chi connectivity index (χ2v) is 9.88. The van der Waals surface area contributed by atoms with Crippen LogP contribution in [0.2, 0.25) is 0 Å². The summed E-state index contributed by atoms with van der Waals surface area (Å²) in [4.78, 5) is 6.98. The van der Waals surface area contributed by atoms with Crippen LogP contribution in [0.25, 0.3) is 10.2 Å². The molecule has 8 heteroatoms. The minimum absolute atomic E-state index is 0.201. The van der Waals surface area contributed by atoms with E-state index < -0.39 is 0 Å². The summed E-state index contributed by atoms with van der Waals surface area (Å²) < 4.78 is 4.91. The molecule has 25 heavy (non-hydrogen) atoms. The van der Waals surface area contributed by atoms with Crippen LogP contribution in [0.4, 0.5) is 0 Å². The third kappa shape index (κ3) is 4.57. The van der Waals surface area contributed by atoms with Crippen LogP contribution in [0.1, 0.15) is 24.9 Å². The lowest BCUT2D eigenvalue weighted by Crippen LogP contribution is -2.26. The first-order valence-corrected chi connectivity index (χ1v) is 10.9. The fourth-order valence-electron chi connectivity index (χ4n) is 2.21. The number of aromatic nitrogens is 3. The van der Waals surface area contributed by atoms with Gasteiger partial charge in [-0.15, -0.1) is 11.3 Å². The van der Waals surface area contributed by atoms with Crippen molar-refractivity contribution in [2.24, 2.45) is 0 Å². The molecule has 0 aliphatic rings. The predicted molar refractivity (Wildman–Crippen MR) is 112 cm³/mol. The van der Waals surface area contributed by atoms with Crippen molar-refractivity contribution in [2.45, 2.75) is 30.9 Å².